The van der Waals surface area contributed by atoms with E-state index in [9.17, 15) is 0 Å². The minimum atomic E-state index is 0.615. The maximum Gasteiger partial charge on any atom is 0.0177 e. The predicted molar refractivity (Wildman–Crippen MR) is 94.9 cm³/mol. The number of hydrogen-bond donors (Lipinski definition) is 1. The third-order valence-corrected chi connectivity index (χ3v) is 4.54. The first kappa shape index (κ1) is 16.3. The normalized spacial score (nSPS) is 12.4. The summed E-state index contributed by atoms with van der Waals surface area (Å²) in [5, 5.41) is 3.35. The molecule has 1 unspecified atom stereocenters. The van der Waals surface area contributed by atoms with Gasteiger partial charge in [-0.2, -0.15) is 0 Å². The quantitative estimate of drug-likeness (QED) is 0.800. The lowest BCUT2D eigenvalue weighted by Crippen LogP contribution is -2.23. The molecule has 0 aliphatic carbocycles. The molecule has 0 bridgehead atoms. The molecule has 21 heavy (non-hydrogen) atoms. The Morgan fingerprint density at radius 3 is 2.29 bits per heavy atom. The molecule has 2 aromatic carbocycles. The highest BCUT2D eigenvalue weighted by Gasteiger charge is 2.13. The largest absolute Gasteiger partial charge is 0.319 e. The number of nitrogens with one attached hydrogen (secondary N) is 1. The van der Waals surface area contributed by atoms with Crippen molar-refractivity contribution < 1.29 is 0 Å². The van der Waals surface area contributed by atoms with E-state index in [1.807, 2.05) is 7.05 Å². The highest BCUT2D eigenvalue weighted by atomic mass is 79.9. The van der Waals surface area contributed by atoms with Gasteiger partial charge in [0, 0.05) is 4.47 Å². The van der Waals surface area contributed by atoms with Gasteiger partial charge in [-0.1, -0.05) is 46.3 Å². The van der Waals surface area contributed by atoms with Gasteiger partial charge in [-0.25, -0.2) is 0 Å². The summed E-state index contributed by atoms with van der Waals surface area (Å²) in [5.41, 5.74) is 5.72. The molecule has 2 aromatic rings. The van der Waals surface area contributed by atoms with Gasteiger partial charge >= 0.3 is 0 Å². The molecule has 112 valence electrons. The Hall–Kier alpha value is -1.12. The van der Waals surface area contributed by atoms with E-state index < -0.39 is 0 Å². The molecule has 0 spiro atoms. The summed E-state index contributed by atoms with van der Waals surface area (Å²) in [4.78, 5) is 0. The van der Waals surface area contributed by atoms with Crippen molar-refractivity contribution in [3.8, 4) is 0 Å². The maximum atomic E-state index is 3.57. The van der Waals surface area contributed by atoms with E-state index in [-0.39, 0.29) is 0 Å². The standard InChI is InChI=1S/C19H24BrN/c1-14-6-4-7-15(2)19(14)12-17(13-21-3)10-16-8-5-9-18(20)11-16/h4-9,11,17,21H,10,12-13H2,1-3H3. The molecule has 0 radical (unpaired) electrons. The van der Waals surface area contributed by atoms with Crippen molar-refractivity contribution in [3.63, 3.8) is 0 Å². The van der Waals surface area contributed by atoms with Gasteiger partial charge in [0.05, 0.1) is 0 Å². The van der Waals surface area contributed by atoms with Crippen LogP contribution in [0.3, 0.4) is 0 Å². The second-order valence-corrected chi connectivity index (χ2v) is 6.75. The molecule has 2 rings (SSSR count). The Morgan fingerprint density at radius 2 is 1.67 bits per heavy atom. The van der Waals surface area contributed by atoms with Crippen LogP contribution in [0.1, 0.15) is 22.3 Å². The highest BCUT2D eigenvalue weighted by Crippen LogP contribution is 2.21. The summed E-state index contributed by atoms with van der Waals surface area (Å²) in [6, 6.07) is 15.2. The van der Waals surface area contributed by atoms with Gasteiger partial charge in [-0.05, 0) is 80.6 Å². The zero-order valence-corrected chi connectivity index (χ0v) is 14.7. The fourth-order valence-corrected chi connectivity index (χ4v) is 3.41. The molecule has 1 N–H and O–H groups in total. The summed E-state index contributed by atoms with van der Waals surface area (Å²) >= 11 is 3.57. The monoisotopic (exact) mass is 345 g/mol. The molecule has 0 amide bonds. The molecular formula is C19H24BrN. The number of hydrogen-bond acceptors (Lipinski definition) is 1. The smallest absolute Gasteiger partial charge is 0.0177 e. The Bertz CT molecular complexity index is 572. The van der Waals surface area contributed by atoms with Crippen LogP contribution >= 0.6 is 15.9 Å². The van der Waals surface area contributed by atoms with Crippen molar-refractivity contribution in [2.24, 2.45) is 5.92 Å². The maximum absolute atomic E-state index is 3.57. The van der Waals surface area contributed by atoms with Gasteiger partial charge in [0.2, 0.25) is 0 Å². The minimum absolute atomic E-state index is 0.615. The van der Waals surface area contributed by atoms with Gasteiger partial charge in [0.25, 0.3) is 0 Å². The fraction of sp³-hybridized carbons (Fsp3) is 0.368. The van der Waals surface area contributed by atoms with E-state index in [0.717, 1.165) is 23.9 Å². The Balaban J connectivity index is 2.16. The van der Waals surface area contributed by atoms with Gasteiger partial charge in [0.15, 0.2) is 0 Å². The number of halogens is 1. The summed E-state index contributed by atoms with van der Waals surface area (Å²) in [5.74, 6) is 0.615. The van der Waals surface area contributed by atoms with Crippen molar-refractivity contribution in [1.82, 2.24) is 5.32 Å². The molecule has 2 heteroatoms. The summed E-state index contributed by atoms with van der Waals surface area (Å²) in [7, 11) is 2.04. The van der Waals surface area contributed by atoms with Gasteiger partial charge < -0.3 is 5.32 Å². The highest BCUT2D eigenvalue weighted by molar-refractivity contribution is 9.10. The van der Waals surface area contributed by atoms with E-state index in [4.69, 9.17) is 0 Å². The molecule has 0 aliphatic heterocycles. The van der Waals surface area contributed by atoms with E-state index in [1.165, 1.54) is 22.3 Å². The van der Waals surface area contributed by atoms with Crippen LogP contribution in [0.5, 0.6) is 0 Å². The van der Waals surface area contributed by atoms with Crippen LogP contribution in [0, 0.1) is 19.8 Å². The van der Waals surface area contributed by atoms with E-state index in [0.29, 0.717) is 5.92 Å². The molecule has 0 aliphatic rings. The second kappa shape index (κ2) is 7.77. The summed E-state index contributed by atoms with van der Waals surface area (Å²) < 4.78 is 1.16. The molecular weight excluding hydrogens is 322 g/mol. The molecule has 0 saturated carbocycles. The average Bonchev–Trinajstić information content (AvgIpc) is 2.43. The Morgan fingerprint density at radius 1 is 1.00 bits per heavy atom. The molecule has 0 heterocycles. The van der Waals surface area contributed by atoms with Crippen molar-refractivity contribution in [3.05, 3.63) is 69.2 Å². The third kappa shape index (κ3) is 4.69. The SMILES string of the molecule is CNCC(Cc1cccc(Br)c1)Cc1c(C)cccc1C. The van der Waals surface area contributed by atoms with Gasteiger partial charge in [-0.3, -0.25) is 0 Å². The minimum Gasteiger partial charge on any atom is -0.319 e. The van der Waals surface area contributed by atoms with Gasteiger partial charge in [-0.15, -0.1) is 0 Å². The zero-order chi connectivity index (χ0) is 15.2. The Kier molecular flexibility index (Phi) is 6.01. The van der Waals surface area contributed by atoms with Crippen molar-refractivity contribution in [2.45, 2.75) is 26.7 Å². The fourth-order valence-electron chi connectivity index (χ4n) is 2.96. The van der Waals surface area contributed by atoms with Crippen LogP contribution in [0.2, 0.25) is 0 Å². The molecule has 0 saturated heterocycles. The lowest BCUT2D eigenvalue weighted by molar-refractivity contribution is 0.491. The van der Waals surface area contributed by atoms with Gasteiger partial charge in [0.1, 0.15) is 0 Å². The number of rotatable bonds is 6. The first-order valence-electron chi connectivity index (χ1n) is 7.54. The molecule has 0 fully saturated rings. The van der Waals surface area contributed by atoms with E-state index in [2.05, 4.69) is 77.6 Å². The van der Waals surface area contributed by atoms with Crippen molar-refractivity contribution in [1.29, 1.82) is 0 Å². The summed E-state index contributed by atoms with van der Waals surface area (Å²) in [6.07, 6.45) is 2.24. The van der Waals surface area contributed by atoms with Crippen LogP contribution in [0.4, 0.5) is 0 Å². The second-order valence-electron chi connectivity index (χ2n) is 5.83. The molecule has 1 nitrogen and oxygen atoms in total. The van der Waals surface area contributed by atoms with Crippen LogP contribution in [0.15, 0.2) is 46.9 Å². The average molecular weight is 346 g/mol. The predicted octanol–water partition coefficient (Wildman–Crippen LogP) is 4.69. The number of benzene rings is 2. The number of aryl methyl sites for hydroxylation is 2. The van der Waals surface area contributed by atoms with Crippen LogP contribution in [0.25, 0.3) is 0 Å². The van der Waals surface area contributed by atoms with Crippen LogP contribution in [-0.2, 0) is 12.8 Å². The van der Waals surface area contributed by atoms with Crippen LogP contribution in [-0.4, -0.2) is 13.6 Å². The van der Waals surface area contributed by atoms with E-state index >= 15 is 0 Å². The lowest BCUT2D eigenvalue weighted by atomic mass is 9.88. The lowest BCUT2D eigenvalue weighted by Gasteiger charge is -2.19. The first-order valence-corrected chi connectivity index (χ1v) is 8.33. The van der Waals surface area contributed by atoms with Crippen molar-refractivity contribution in [2.75, 3.05) is 13.6 Å². The summed E-state index contributed by atoms with van der Waals surface area (Å²) in [6.45, 7) is 5.48. The molecule has 0 aromatic heterocycles. The topological polar surface area (TPSA) is 12.0 Å². The first-order chi connectivity index (χ1) is 10.1. The zero-order valence-electron chi connectivity index (χ0n) is 13.1. The molecule has 1 atom stereocenters. The van der Waals surface area contributed by atoms with Crippen molar-refractivity contribution >= 4 is 15.9 Å². The Labute approximate surface area is 136 Å². The van der Waals surface area contributed by atoms with Crippen LogP contribution < -0.4 is 5.32 Å². The third-order valence-electron chi connectivity index (χ3n) is 4.04. The van der Waals surface area contributed by atoms with E-state index in [1.54, 1.807) is 0 Å².